The van der Waals surface area contributed by atoms with Crippen molar-refractivity contribution in [1.82, 2.24) is 0 Å². The third-order valence-corrected chi connectivity index (χ3v) is 4.15. The van der Waals surface area contributed by atoms with E-state index in [9.17, 15) is 0 Å². The van der Waals surface area contributed by atoms with E-state index in [2.05, 4.69) is 35.8 Å². The first kappa shape index (κ1) is 11.1. The van der Waals surface area contributed by atoms with Crippen LogP contribution in [0.4, 0.5) is 0 Å². The molecule has 0 unspecified atom stereocenters. The van der Waals surface area contributed by atoms with Crippen molar-refractivity contribution in [3.63, 3.8) is 0 Å². The summed E-state index contributed by atoms with van der Waals surface area (Å²) in [5.74, 6) is 0. The van der Waals surface area contributed by atoms with Crippen molar-refractivity contribution in [2.24, 2.45) is 0 Å². The number of para-hydroxylation sites is 1. The number of fused-ring (bicyclic) bond motifs is 1. The fourth-order valence-corrected chi connectivity index (χ4v) is 3.28. The lowest BCUT2D eigenvalue weighted by Gasteiger charge is -2.05. The maximum Gasteiger partial charge on any atom is 0.235 e. The smallest absolute Gasteiger partial charge is 0.235 e. The van der Waals surface area contributed by atoms with Crippen LogP contribution in [-0.2, 0) is 16.0 Å². The number of benzene rings is 1. The number of rotatable bonds is 3. The maximum absolute atomic E-state index is 5.47. The Morgan fingerprint density at radius 3 is 2.88 bits per heavy atom. The predicted molar refractivity (Wildman–Crippen MR) is 67.1 cm³/mol. The molecule has 1 aliphatic heterocycles. The SMILES string of the molecule is Cc1sc2ccccc2[n+]1CCC1OCCO1. The Morgan fingerprint density at radius 1 is 1.29 bits per heavy atom. The van der Waals surface area contributed by atoms with Gasteiger partial charge in [0, 0.05) is 13.0 Å². The van der Waals surface area contributed by atoms with Crippen molar-refractivity contribution >= 4 is 21.6 Å². The third kappa shape index (κ3) is 2.20. The minimum absolute atomic E-state index is 0.0134. The van der Waals surface area contributed by atoms with Gasteiger partial charge in [-0.1, -0.05) is 23.5 Å². The van der Waals surface area contributed by atoms with Crippen LogP contribution in [0.25, 0.3) is 10.2 Å². The van der Waals surface area contributed by atoms with Crippen molar-refractivity contribution in [2.45, 2.75) is 26.2 Å². The molecule has 0 bridgehead atoms. The number of hydrogen-bond donors (Lipinski definition) is 0. The van der Waals surface area contributed by atoms with Crippen LogP contribution in [0.1, 0.15) is 11.4 Å². The molecule has 1 saturated heterocycles. The van der Waals surface area contributed by atoms with Crippen molar-refractivity contribution in [3.05, 3.63) is 29.3 Å². The van der Waals surface area contributed by atoms with Gasteiger partial charge < -0.3 is 9.47 Å². The highest BCUT2D eigenvalue weighted by molar-refractivity contribution is 7.18. The molecule has 0 aliphatic carbocycles. The summed E-state index contributed by atoms with van der Waals surface area (Å²) in [5.41, 5.74) is 1.31. The third-order valence-electron chi connectivity index (χ3n) is 3.07. The Morgan fingerprint density at radius 2 is 2.06 bits per heavy atom. The fourth-order valence-electron chi connectivity index (χ4n) is 2.24. The zero-order chi connectivity index (χ0) is 11.7. The average Bonchev–Trinajstić information content (AvgIpc) is 2.93. The fraction of sp³-hybridized carbons (Fsp3) is 0.462. The Labute approximate surface area is 105 Å². The largest absolute Gasteiger partial charge is 0.350 e. The topological polar surface area (TPSA) is 22.3 Å². The van der Waals surface area contributed by atoms with Gasteiger partial charge in [-0.3, -0.25) is 0 Å². The summed E-state index contributed by atoms with van der Waals surface area (Å²) in [7, 11) is 0. The Bertz CT molecular complexity index is 517. The van der Waals surface area contributed by atoms with Gasteiger partial charge in [0.05, 0.1) is 19.6 Å². The molecule has 0 amide bonds. The lowest BCUT2D eigenvalue weighted by molar-refractivity contribution is -0.675. The zero-order valence-corrected chi connectivity index (χ0v) is 10.7. The zero-order valence-electron chi connectivity index (χ0n) is 9.89. The lowest BCUT2D eigenvalue weighted by Crippen LogP contribution is -2.36. The van der Waals surface area contributed by atoms with Crippen molar-refractivity contribution in [2.75, 3.05) is 13.2 Å². The summed E-state index contributed by atoms with van der Waals surface area (Å²) >= 11 is 1.84. The van der Waals surface area contributed by atoms with E-state index in [0.717, 1.165) is 26.2 Å². The van der Waals surface area contributed by atoms with E-state index in [4.69, 9.17) is 9.47 Å². The first-order valence-electron chi connectivity index (χ1n) is 5.96. The van der Waals surface area contributed by atoms with Crippen LogP contribution in [0.15, 0.2) is 24.3 Å². The minimum Gasteiger partial charge on any atom is -0.350 e. The molecule has 0 radical (unpaired) electrons. The van der Waals surface area contributed by atoms with E-state index < -0.39 is 0 Å². The van der Waals surface area contributed by atoms with Gasteiger partial charge in [0.25, 0.3) is 0 Å². The first-order chi connectivity index (χ1) is 8.34. The number of aromatic nitrogens is 1. The molecule has 0 spiro atoms. The van der Waals surface area contributed by atoms with Crippen LogP contribution in [0, 0.1) is 6.92 Å². The number of nitrogens with zero attached hydrogens (tertiary/aromatic N) is 1. The van der Waals surface area contributed by atoms with E-state index in [1.165, 1.54) is 15.2 Å². The second kappa shape index (κ2) is 4.72. The van der Waals surface area contributed by atoms with E-state index in [1.54, 1.807) is 0 Å². The van der Waals surface area contributed by atoms with Crippen LogP contribution in [0.2, 0.25) is 0 Å². The van der Waals surface area contributed by atoms with Gasteiger partial charge in [0.2, 0.25) is 10.5 Å². The highest BCUT2D eigenvalue weighted by Crippen LogP contribution is 2.19. The molecule has 1 aromatic heterocycles. The second-order valence-electron chi connectivity index (χ2n) is 4.20. The van der Waals surface area contributed by atoms with Crippen molar-refractivity contribution in [3.8, 4) is 0 Å². The van der Waals surface area contributed by atoms with Crippen LogP contribution < -0.4 is 4.57 Å². The number of aryl methyl sites for hydroxylation is 2. The van der Waals surface area contributed by atoms with E-state index in [0.29, 0.717) is 0 Å². The minimum atomic E-state index is -0.0134. The molecule has 3 nitrogen and oxygen atoms in total. The summed E-state index contributed by atoms with van der Waals surface area (Å²) in [6, 6.07) is 8.53. The van der Waals surface area contributed by atoms with E-state index in [-0.39, 0.29) is 6.29 Å². The van der Waals surface area contributed by atoms with Gasteiger partial charge in [-0.05, 0) is 6.07 Å². The molecule has 1 aromatic carbocycles. The molecule has 1 fully saturated rings. The Kier molecular flexibility index (Phi) is 3.09. The number of ether oxygens (including phenoxy) is 2. The molecule has 2 aromatic rings. The van der Waals surface area contributed by atoms with Gasteiger partial charge in [-0.2, -0.15) is 4.57 Å². The molecule has 0 N–H and O–H groups in total. The molecule has 17 heavy (non-hydrogen) atoms. The molecule has 0 atom stereocenters. The van der Waals surface area contributed by atoms with Crippen LogP contribution in [0.3, 0.4) is 0 Å². The number of thiazole rings is 1. The van der Waals surface area contributed by atoms with Gasteiger partial charge in [0.15, 0.2) is 12.8 Å². The maximum atomic E-state index is 5.47. The van der Waals surface area contributed by atoms with Gasteiger partial charge in [-0.15, -0.1) is 0 Å². The highest BCUT2D eigenvalue weighted by Gasteiger charge is 2.21. The highest BCUT2D eigenvalue weighted by atomic mass is 32.1. The van der Waals surface area contributed by atoms with Gasteiger partial charge >= 0.3 is 0 Å². The van der Waals surface area contributed by atoms with E-state index in [1.807, 2.05) is 11.3 Å². The first-order valence-corrected chi connectivity index (χ1v) is 6.77. The predicted octanol–water partition coefficient (Wildman–Crippen LogP) is 2.26. The number of hydrogen-bond acceptors (Lipinski definition) is 3. The van der Waals surface area contributed by atoms with Crippen LogP contribution in [-0.4, -0.2) is 19.5 Å². The molecule has 4 heteroatoms. The van der Waals surface area contributed by atoms with Crippen LogP contribution >= 0.6 is 11.3 Å². The summed E-state index contributed by atoms with van der Waals surface area (Å²) in [4.78, 5) is 0. The quantitative estimate of drug-likeness (QED) is 0.780. The monoisotopic (exact) mass is 250 g/mol. The lowest BCUT2D eigenvalue weighted by atomic mass is 10.3. The Hall–Kier alpha value is -0.970. The molecule has 90 valence electrons. The van der Waals surface area contributed by atoms with Crippen LogP contribution in [0.5, 0.6) is 0 Å². The summed E-state index contributed by atoms with van der Waals surface area (Å²) < 4.78 is 14.6. The summed E-state index contributed by atoms with van der Waals surface area (Å²) in [6.07, 6.45) is 0.909. The van der Waals surface area contributed by atoms with E-state index >= 15 is 0 Å². The van der Waals surface area contributed by atoms with Gasteiger partial charge in [0.1, 0.15) is 4.70 Å². The molecular formula is C13H16NO2S+. The molecule has 0 saturated carbocycles. The standard InChI is InChI=1S/C13H16NO2S/c1-10-14(7-6-13-15-8-9-16-13)11-4-2-3-5-12(11)17-10/h2-5,13H,6-9H2,1H3/q+1. The molecule has 3 rings (SSSR count). The van der Waals surface area contributed by atoms with Gasteiger partial charge in [-0.25, -0.2) is 0 Å². The second-order valence-corrected chi connectivity index (χ2v) is 5.44. The molecular weight excluding hydrogens is 234 g/mol. The summed E-state index contributed by atoms with van der Waals surface area (Å²) in [6.45, 7) is 4.60. The average molecular weight is 250 g/mol. The molecule has 2 heterocycles. The van der Waals surface area contributed by atoms with Crippen molar-refractivity contribution in [1.29, 1.82) is 0 Å². The Balaban J connectivity index is 1.81. The normalized spacial score (nSPS) is 17.0. The molecule has 1 aliphatic rings. The summed E-state index contributed by atoms with van der Waals surface area (Å²) in [5, 5.41) is 1.34. The van der Waals surface area contributed by atoms with Crippen molar-refractivity contribution < 1.29 is 14.0 Å².